The summed E-state index contributed by atoms with van der Waals surface area (Å²) in [4.78, 5) is 4.61. The molecule has 0 aliphatic rings. The van der Waals surface area contributed by atoms with Crippen molar-refractivity contribution in [1.82, 2.24) is 5.32 Å². The van der Waals surface area contributed by atoms with Gasteiger partial charge in [-0.1, -0.05) is 6.07 Å². The van der Waals surface area contributed by atoms with Gasteiger partial charge in [-0.25, -0.2) is 4.99 Å². The molecule has 0 saturated heterocycles. The molecule has 29 heavy (non-hydrogen) atoms. The number of nitrogens with one attached hydrogen (secondary N) is 2. The summed E-state index contributed by atoms with van der Waals surface area (Å²) in [5, 5.41) is 6.50. The summed E-state index contributed by atoms with van der Waals surface area (Å²) in [6.07, 6.45) is -0.104. The predicted octanol–water partition coefficient (Wildman–Crippen LogP) is 4.18. The second-order valence-electron chi connectivity index (χ2n) is 6.02. The summed E-state index contributed by atoms with van der Waals surface area (Å²) >= 11 is 0. The Morgan fingerprint density at radius 2 is 1.69 bits per heavy atom. The fourth-order valence-corrected chi connectivity index (χ4v) is 2.52. The standard InChI is InChI=1S/C21H29N3O4.HI/c1-6-22-21(24-16-10-11-19(26-4)20(12-16)27-5)23-14-15(2)28-18-9-7-8-17(13-18)25-3;/h7-13,15H,6,14H2,1-5H3,(H2,22,23,24);1H. The molecule has 0 heterocycles. The predicted molar refractivity (Wildman–Crippen MR) is 128 cm³/mol. The summed E-state index contributed by atoms with van der Waals surface area (Å²) < 4.78 is 21.8. The number of anilines is 1. The first kappa shape index (κ1) is 24.7. The minimum Gasteiger partial charge on any atom is -0.497 e. The van der Waals surface area contributed by atoms with Gasteiger partial charge in [0, 0.05) is 24.4 Å². The smallest absolute Gasteiger partial charge is 0.195 e. The van der Waals surface area contributed by atoms with E-state index in [1.165, 1.54) is 0 Å². The Kier molecular flexibility index (Phi) is 11.0. The first-order valence-corrected chi connectivity index (χ1v) is 9.17. The van der Waals surface area contributed by atoms with E-state index in [0.717, 1.165) is 23.7 Å². The summed E-state index contributed by atoms with van der Waals surface area (Å²) in [5.41, 5.74) is 0.846. The van der Waals surface area contributed by atoms with Crippen molar-refractivity contribution >= 4 is 35.6 Å². The van der Waals surface area contributed by atoms with E-state index in [-0.39, 0.29) is 30.1 Å². The Hall–Kier alpha value is -2.36. The number of methoxy groups -OCH3 is 3. The maximum absolute atomic E-state index is 5.92. The van der Waals surface area contributed by atoms with Gasteiger partial charge in [0.15, 0.2) is 17.5 Å². The van der Waals surface area contributed by atoms with Gasteiger partial charge in [-0.2, -0.15) is 0 Å². The lowest BCUT2D eigenvalue weighted by molar-refractivity contribution is 0.229. The van der Waals surface area contributed by atoms with E-state index in [2.05, 4.69) is 15.6 Å². The second-order valence-corrected chi connectivity index (χ2v) is 6.02. The van der Waals surface area contributed by atoms with E-state index in [9.17, 15) is 0 Å². The number of hydrogen-bond donors (Lipinski definition) is 2. The molecule has 2 aromatic carbocycles. The Bertz CT molecular complexity index is 786. The van der Waals surface area contributed by atoms with Gasteiger partial charge in [-0.15, -0.1) is 24.0 Å². The molecule has 0 fully saturated rings. The average molecular weight is 515 g/mol. The highest BCUT2D eigenvalue weighted by Gasteiger charge is 2.08. The van der Waals surface area contributed by atoms with Crippen molar-refractivity contribution in [2.24, 2.45) is 4.99 Å². The van der Waals surface area contributed by atoms with Gasteiger partial charge >= 0.3 is 0 Å². The van der Waals surface area contributed by atoms with Crippen LogP contribution in [-0.2, 0) is 0 Å². The van der Waals surface area contributed by atoms with Crippen LogP contribution in [0.4, 0.5) is 5.69 Å². The number of nitrogens with zero attached hydrogens (tertiary/aromatic N) is 1. The van der Waals surface area contributed by atoms with Crippen LogP contribution in [0.15, 0.2) is 47.5 Å². The molecule has 0 aliphatic heterocycles. The molecule has 0 radical (unpaired) electrons. The number of halogens is 1. The van der Waals surface area contributed by atoms with Gasteiger partial charge in [0.25, 0.3) is 0 Å². The topological polar surface area (TPSA) is 73.3 Å². The highest BCUT2D eigenvalue weighted by atomic mass is 127. The lowest BCUT2D eigenvalue weighted by atomic mass is 10.2. The van der Waals surface area contributed by atoms with Crippen molar-refractivity contribution in [3.05, 3.63) is 42.5 Å². The Labute approximate surface area is 189 Å². The third-order valence-corrected chi connectivity index (χ3v) is 3.88. The molecule has 160 valence electrons. The maximum Gasteiger partial charge on any atom is 0.195 e. The van der Waals surface area contributed by atoms with Gasteiger partial charge in [0.05, 0.1) is 27.9 Å². The van der Waals surface area contributed by atoms with Crippen molar-refractivity contribution in [2.45, 2.75) is 20.0 Å². The molecule has 0 spiro atoms. The summed E-state index contributed by atoms with van der Waals surface area (Å²) in [6, 6.07) is 13.1. The third kappa shape index (κ3) is 7.88. The number of rotatable bonds is 9. The quantitative estimate of drug-likeness (QED) is 0.297. The maximum atomic E-state index is 5.92. The second kappa shape index (κ2) is 13.0. The molecule has 0 aliphatic carbocycles. The van der Waals surface area contributed by atoms with Crippen molar-refractivity contribution in [1.29, 1.82) is 0 Å². The first-order valence-electron chi connectivity index (χ1n) is 9.17. The van der Waals surface area contributed by atoms with Crippen LogP contribution in [0.2, 0.25) is 0 Å². The molecule has 0 aromatic heterocycles. The molecule has 2 aromatic rings. The van der Waals surface area contributed by atoms with Gasteiger partial charge in [-0.3, -0.25) is 0 Å². The molecule has 7 nitrogen and oxygen atoms in total. The highest BCUT2D eigenvalue weighted by molar-refractivity contribution is 14.0. The number of hydrogen-bond acceptors (Lipinski definition) is 5. The fraction of sp³-hybridized carbons (Fsp3) is 0.381. The van der Waals surface area contributed by atoms with E-state index in [0.29, 0.717) is 24.0 Å². The van der Waals surface area contributed by atoms with Crippen LogP contribution < -0.4 is 29.6 Å². The van der Waals surface area contributed by atoms with Crippen LogP contribution >= 0.6 is 24.0 Å². The lowest BCUT2D eigenvalue weighted by Crippen LogP contribution is -2.32. The highest BCUT2D eigenvalue weighted by Crippen LogP contribution is 2.29. The Morgan fingerprint density at radius 3 is 2.34 bits per heavy atom. The van der Waals surface area contributed by atoms with Gasteiger partial charge < -0.3 is 29.6 Å². The van der Waals surface area contributed by atoms with E-state index < -0.39 is 0 Å². The molecule has 0 saturated carbocycles. The first-order chi connectivity index (χ1) is 13.6. The molecule has 2 N–H and O–H groups in total. The summed E-state index contributed by atoms with van der Waals surface area (Å²) in [7, 11) is 4.86. The minimum absolute atomic E-state index is 0. The number of guanidine groups is 1. The largest absolute Gasteiger partial charge is 0.497 e. The van der Waals surface area contributed by atoms with E-state index in [1.807, 2.05) is 56.3 Å². The van der Waals surface area contributed by atoms with Gasteiger partial charge in [0.1, 0.15) is 17.6 Å². The van der Waals surface area contributed by atoms with Crippen molar-refractivity contribution in [2.75, 3.05) is 39.7 Å². The fourth-order valence-electron chi connectivity index (χ4n) is 2.52. The zero-order chi connectivity index (χ0) is 20.4. The zero-order valence-corrected chi connectivity index (χ0v) is 19.9. The van der Waals surface area contributed by atoms with Crippen LogP contribution in [0.25, 0.3) is 0 Å². The molecule has 0 amide bonds. The minimum atomic E-state index is -0.104. The van der Waals surface area contributed by atoms with Gasteiger partial charge in [-0.05, 0) is 38.1 Å². The summed E-state index contributed by atoms with van der Waals surface area (Å²) in [6.45, 7) is 5.22. The van der Waals surface area contributed by atoms with E-state index in [4.69, 9.17) is 18.9 Å². The van der Waals surface area contributed by atoms with Crippen molar-refractivity contribution < 1.29 is 18.9 Å². The number of benzene rings is 2. The van der Waals surface area contributed by atoms with Crippen LogP contribution in [0.1, 0.15) is 13.8 Å². The molecular formula is C21H30IN3O4. The monoisotopic (exact) mass is 515 g/mol. The lowest BCUT2D eigenvalue weighted by Gasteiger charge is -2.16. The number of ether oxygens (including phenoxy) is 4. The van der Waals surface area contributed by atoms with Crippen LogP contribution in [-0.4, -0.2) is 46.5 Å². The van der Waals surface area contributed by atoms with E-state index in [1.54, 1.807) is 21.3 Å². The van der Waals surface area contributed by atoms with Crippen molar-refractivity contribution in [3.8, 4) is 23.0 Å². The van der Waals surface area contributed by atoms with E-state index >= 15 is 0 Å². The Balaban J connectivity index is 0.00000420. The molecule has 1 atom stereocenters. The van der Waals surface area contributed by atoms with Crippen LogP contribution in [0.5, 0.6) is 23.0 Å². The molecular weight excluding hydrogens is 485 g/mol. The van der Waals surface area contributed by atoms with Gasteiger partial charge in [0.2, 0.25) is 0 Å². The van der Waals surface area contributed by atoms with Crippen LogP contribution in [0.3, 0.4) is 0 Å². The molecule has 2 rings (SSSR count). The Morgan fingerprint density at radius 1 is 0.966 bits per heavy atom. The van der Waals surface area contributed by atoms with Crippen LogP contribution in [0, 0.1) is 0 Å². The molecule has 1 unspecified atom stereocenters. The SMILES string of the molecule is CCNC(=NCC(C)Oc1cccc(OC)c1)Nc1ccc(OC)c(OC)c1.I. The molecule has 0 bridgehead atoms. The third-order valence-electron chi connectivity index (χ3n) is 3.88. The van der Waals surface area contributed by atoms with Crippen molar-refractivity contribution in [3.63, 3.8) is 0 Å². The average Bonchev–Trinajstić information content (AvgIpc) is 2.72. The normalized spacial score (nSPS) is 11.7. The molecule has 8 heteroatoms. The summed E-state index contributed by atoms with van der Waals surface area (Å²) in [5.74, 6) is 3.50. The number of aliphatic imine (C=N–C) groups is 1. The zero-order valence-electron chi connectivity index (χ0n) is 17.5.